The number of hydrogen-bond acceptors (Lipinski definition) is 3. The second kappa shape index (κ2) is 5.58. The molecule has 3 aromatic rings. The minimum atomic E-state index is 0.818. The Hall–Kier alpha value is -2.33. The molecule has 21 heavy (non-hydrogen) atoms. The zero-order valence-electron chi connectivity index (χ0n) is 12.6. The number of aromatic nitrogens is 2. The monoisotopic (exact) mass is 281 g/mol. The number of hydrogen-bond donors (Lipinski definition) is 0. The smallest absolute Gasteiger partial charge is 0.137 e. The van der Waals surface area contributed by atoms with E-state index in [-0.39, 0.29) is 0 Å². The van der Waals surface area contributed by atoms with Crippen LogP contribution in [-0.2, 0) is 6.54 Å². The van der Waals surface area contributed by atoms with E-state index in [2.05, 4.69) is 35.5 Å². The average molecular weight is 281 g/mol. The van der Waals surface area contributed by atoms with Gasteiger partial charge in [-0.05, 0) is 26.2 Å². The summed E-state index contributed by atoms with van der Waals surface area (Å²) in [6.07, 6.45) is 1.99. The Labute approximate surface area is 124 Å². The van der Waals surface area contributed by atoms with Crippen LogP contribution in [0.25, 0.3) is 16.9 Å². The summed E-state index contributed by atoms with van der Waals surface area (Å²) in [7, 11) is 5.81. The summed E-state index contributed by atoms with van der Waals surface area (Å²) >= 11 is 0. The van der Waals surface area contributed by atoms with Crippen LogP contribution in [0.3, 0.4) is 0 Å². The van der Waals surface area contributed by atoms with E-state index in [0.29, 0.717) is 0 Å². The molecule has 108 valence electrons. The van der Waals surface area contributed by atoms with Gasteiger partial charge in [0.15, 0.2) is 0 Å². The van der Waals surface area contributed by atoms with Crippen molar-refractivity contribution in [2.45, 2.75) is 6.54 Å². The zero-order chi connectivity index (χ0) is 14.8. The summed E-state index contributed by atoms with van der Waals surface area (Å²) in [6.45, 7) is 0.818. The summed E-state index contributed by atoms with van der Waals surface area (Å²) in [5.74, 6) is 0.833. The van der Waals surface area contributed by atoms with Crippen LogP contribution in [0.2, 0.25) is 0 Å². The fourth-order valence-corrected chi connectivity index (χ4v) is 2.47. The van der Waals surface area contributed by atoms with Crippen LogP contribution in [-0.4, -0.2) is 35.5 Å². The van der Waals surface area contributed by atoms with Crippen LogP contribution in [0.15, 0.2) is 48.7 Å². The van der Waals surface area contributed by atoms with Crippen LogP contribution >= 0.6 is 0 Å². The third-order valence-corrected chi connectivity index (χ3v) is 3.44. The molecule has 0 amide bonds. The molecule has 0 spiro atoms. The maximum atomic E-state index is 5.34. The fourth-order valence-electron chi connectivity index (χ4n) is 2.47. The van der Waals surface area contributed by atoms with Gasteiger partial charge in [-0.3, -0.25) is 4.40 Å². The van der Waals surface area contributed by atoms with Gasteiger partial charge in [0.25, 0.3) is 0 Å². The number of nitrogens with zero attached hydrogens (tertiary/aromatic N) is 3. The highest BCUT2D eigenvalue weighted by Gasteiger charge is 2.14. The van der Waals surface area contributed by atoms with Gasteiger partial charge in [-0.25, -0.2) is 4.98 Å². The van der Waals surface area contributed by atoms with E-state index >= 15 is 0 Å². The van der Waals surface area contributed by atoms with Crippen molar-refractivity contribution < 1.29 is 4.74 Å². The first-order valence-corrected chi connectivity index (χ1v) is 6.94. The van der Waals surface area contributed by atoms with Crippen molar-refractivity contribution in [3.05, 3.63) is 54.4 Å². The van der Waals surface area contributed by atoms with Crippen molar-refractivity contribution in [2.24, 2.45) is 0 Å². The van der Waals surface area contributed by atoms with Gasteiger partial charge in [0.05, 0.1) is 24.7 Å². The molecule has 1 aromatic carbocycles. The van der Waals surface area contributed by atoms with Gasteiger partial charge in [0.1, 0.15) is 11.4 Å². The SMILES string of the molecule is COc1ccc2nc(-c3ccccc3)c(CN(C)C)n2c1. The van der Waals surface area contributed by atoms with Crippen LogP contribution < -0.4 is 4.74 Å². The number of methoxy groups -OCH3 is 1. The van der Waals surface area contributed by atoms with Gasteiger partial charge < -0.3 is 9.64 Å². The van der Waals surface area contributed by atoms with E-state index in [9.17, 15) is 0 Å². The summed E-state index contributed by atoms with van der Waals surface area (Å²) in [4.78, 5) is 6.94. The first-order valence-electron chi connectivity index (χ1n) is 6.94. The topological polar surface area (TPSA) is 29.8 Å². The first kappa shape index (κ1) is 13.6. The van der Waals surface area contributed by atoms with E-state index in [1.807, 2.05) is 36.5 Å². The standard InChI is InChI=1S/C17H19N3O/c1-19(2)12-15-17(13-7-5-4-6-8-13)18-16-10-9-14(21-3)11-20(15)16/h4-11H,12H2,1-3H3. The molecule has 0 N–H and O–H groups in total. The summed E-state index contributed by atoms with van der Waals surface area (Å²) < 4.78 is 7.45. The van der Waals surface area contributed by atoms with Gasteiger partial charge >= 0.3 is 0 Å². The quantitative estimate of drug-likeness (QED) is 0.736. The molecule has 0 bridgehead atoms. The van der Waals surface area contributed by atoms with Gasteiger partial charge in [0.2, 0.25) is 0 Å². The maximum Gasteiger partial charge on any atom is 0.137 e. The molecule has 0 aliphatic heterocycles. The minimum absolute atomic E-state index is 0.818. The van der Waals surface area contributed by atoms with Crippen molar-refractivity contribution in [3.63, 3.8) is 0 Å². The number of rotatable bonds is 4. The highest BCUT2D eigenvalue weighted by Crippen LogP contribution is 2.26. The minimum Gasteiger partial charge on any atom is -0.495 e. The lowest BCUT2D eigenvalue weighted by molar-refractivity contribution is 0.393. The molecule has 4 nitrogen and oxygen atoms in total. The fraction of sp³-hybridized carbons (Fsp3) is 0.235. The van der Waals surface area contributed by atoms with Crippen molar-refractivity contribution in [3.8, 4) is 17.0 Å². The molecule has 4 heteroatoms. The second-order valence-corrected chi connectivity index (χ2v) is 5.31. The molecular weight excluding hydrogens is 262 g/mol. The average Bonchev–Trinajstić information content (AvgIpc) is 2.85. The molecule has 3 rings (SSSR count). The molecule has 0 radical (unpaired) electrons. The molecular formula is C17H19N3O. The lowest BCUT2D eigenvalue weighted by atomic mass is 10.1. The lowest BCUT2D eigenvalue weighted by Gasteiger charge is -2.12. The lowest BCUT2D eigenvalue weighted by Crippen LogP contribution is -2.13. The molecule has 0 saturated carbocycles. The van der Waals surface area contributed by atoms with Crippen molar-refractivity contribution in [2.75, 3.05) is 21.2 Å². The Bertz CT molecular complexity index is 747. The van der Waals surface area contributed by atoms with E-state index in [1.165, 1.54) is 5.69 Å². The maximum absolute atomic E-state index is 5.34. The molecule has 0 atom stereocenters. The molecule has 0 aliphatic rings. The second-order valence-electron chi connectivity index (χ2n) is 5.31. The number of benzene rings is 1. The predicted molar refractivity (Wildman–Crippen MR) is 84.6 cm³/mol. The molecule has 2 aromatic heterocycles. The Kier molecular flexibility index (Phi) is 3.62. The number of imidazole rings is 1. The Morgan fingerprint density at radius 1 is 1.10 bits per heavy atom. The van der Waals surface area contributed by atoms with Gasteiger partial charge in [-0.1, -0.05) is 30.3 Å². The molecule has 0 unspecified atom stereocenters. The van der Waals surface area contributed by atoms with Crippen LogP contribution in [0.1, 0.15) is 5.69 Å². The van der Waals surface area contributed by atoms with Gasteiger partial charge in [0, 0.05) is 12.1 Å². The molecule has 2 heterocycles. The third-order valence-electron chi connectivity index (χ3n) is 3.44. The summed E-state index contributed by atoms with van der Waals surface area (Å²) in [6, 6.07) is 14.2. The van der Waals surface area contributed by atoms with Gasteiger partial charge in [-0.15, -0.1) is 0 Å². The number of ether oxygens (including phenoxy) is 1. The van der Waals surface area contributed by atoms with E-state index in [4.69, 9.17) is 9.72 Å². The van der Waals surface area contributed by atoms with Crippen molar-refractivity contribution >= 4 is 5.65 Å². The van der Waals surface area contributed by atoms with Crippen molar-refractivity contribution in [1.82, 2.24) is 14.3 Å². The number of fused-ring (bicyclic) bond motifs is 1. The highest BCUT2D eigenvalue weighted by molar-refractivity contribution is 5.66. The Balaban J connectivity index is 2.23. The van der Waals surface area contributed by atoms with Crippen molar-refractivity contribution in [1.29, 1.82) is 0 Å². The Morgan fingerprint density at radius 3 is 2.52 bits per heavy atom. The van der Waals surface area contributed by atoms with E-state index in [0.717, 1.165) is 29.2 Å². The van der Waals surface area contributed by atoms with E-state index in [1.54, 1.807) is 7.11 Å². The molecule has 0 aliphatic carbocycles. The van der Waals surface area contributed by atoms with Crippen LogP contribution in [0.4, 0.5) is 0 Å². The van der Waals surface area contributed by atoms with Gasteiger partial charge in [-0.2, -0.15) is 0 Å². The summed E-state index contributed by atoms with van der Waals surface area (Å²) in [5.41, 5.74) is 4.26. The van der Waals surface area contributed by atoms with Crippen LogP contribution in [0.5, 0.6) is 5.75 Å². The number of pyridine rings is 1. The Morgan fingerprint density at radius 2 is 1.86 bits per heavy atom. The summed E-state index contributed by atoms with van der Waals surface area (Å²) in [5, 5.41) is 0. The molecule has 0 fully saturated rings. The van der Waals surface area contributed by atoms with E-state index < -0.39 is 0 Å². The third kappa shape index (κ3) is 2.62. The largest absolute Gasteiger partial charge is 0.495 e. The first-order chi connectivity index (χ1) is 10.2. The van der Waals surface area contributed by atoms with Crippen LogP contribution in [0, 0.1) is 0 Å². The molecule has 0 saturated heterocycles. The predicted octanol–water partition coefficient (Wildman–Crippen LogP) is 3.07. The normalized spacial score (nSPS) is 11.2. The zero-order valence-corrected chi connectivity index (χ0v) is 12.6. The highest BCUT2D eigenvalue weighted by atomic mass is 16.5.